The van der Waals surface area contributed by atoms with E-state index in [-0.39, 0.29) is 18.3 Å². The number of ether oxygens (including phenoxy) is 1. The van der Waals surface area contributed by atoms with E-state index in [0.717, 1.165) is 18.1 Å². The molecule has 1 aliphatic carbocycles. The molecule has 2 aromatic rings. The zero-order chi connectivity index (χ0) is 15.8. The number of nitrogens with one attached hydrogen (secondary N) is 2. The molecule has 1 amide bonds. The number of nitrogens with zero attached hydrogens (tertiary/aromatic N) is 1. The lowest BCUT2D eigenvalue weighted by atomic mass is 10.3. The van der Waals surface area contributed by atoms with Crippen molar-refractivity contribution in [3.8, 4) is 5.75 Å². The fraction of sp³-hybridized carbons (Fsp3) is 0.375. The number of halogens is 1. The van der Waals surface area contributed by atoms with E-state index in [2.05, 4.69) is 15.6 Å². The Labute approximate surface area is 136 Å². The van der Waals surface area contributed by atoms with Gasteiger partial charge in [0.05, 0.1) is 0 Å². The van der Waals surface area contributed by atoms with Crippen molar-refractivity contribution in [2.75, 3.05) is 13.1 Å². The summed E-state index contributed by atoms with van der Waals surface area (Å²) in [5.74, 6) is 1.32. The van der Waals surface area contributed by atoms with Crippen molar-refractivity contribution in [1.29, 1.82) is 0 Å². The van der Waals surface area contributed by atoms with Crippen LogP contribution >= 0.6 is 11.3 Å². The normalized spacial score (nSPS) is 25.0. The predicted octanol–water partition coefficient (Wildman–Crippen LogP) is 1.81. The summed E-state index contributed by atoms with van der Waals surface area (Å²) in [5, 5.41) is 8.81. The van der Waals surface area contributed by atoms with Crippen molar-refractivity contribution in [2.45, 2.75) is 12.6 Å². The van der Waals surface area contributed by atoms with E-state index >= 15 is 0 Å². The highest BCUT2D eigenvalue weighted by atomic mass is 32.1. The van der Waals surface area contributed by atoms with E-state index < -0.39 is 0 Å². The molecule has 2 aliphatic rings. The Hall–Kier alpha value is -1.99. The second-order valence-electron chi connectivity index (χ2n) is 5.85. The van der Waals surface area contributed by atoms with Crippen LogP contribution in [0.15, 0.2) is 29.6 Å². The highest BCUT2D eigenvalue weighted by Gasteiger charge is 2.53. The molecule has 0 radical (unpaired) electrons. The first-order chi connectivity index (χ1) is 11.2. The summed E-state index contributed by atoms with van der Waals surface area (Å²) >= 11 is 1.39. The third-order valence-electron chi connectivity index (χ3n) is 4.35. The maximum atomic E-state index is 12.8. The van der Waals surface area contributed by atoms with Gasteiger partial charge in [-0.3, -0.25) is 4.79 Å². The van der Waals surface area contributed by atoms with Crippen LogP contribution < -0.4 is 15.4 Å². The molecule has 120 valence electrons. The molecule has 1 aromatic carbocycles. The number of carbonyl (C=O) groups excluding carboxylic acids is 1. The molecule has 1 aliphatic heterocycles. The number of hydrogen-bond acceptors (Lipinski definition) is 5. The van der Waals surface area contributed by atoms with E-state index in [1.165, 1.54) is 23.5 Å². The van der Waals surface area contributed by atoms with Crippen LogP contribution in [-0.4, -0.2) is 30.0 Å². The number of fused-ring (bicyclic) bond motifs is 1. The number of benzene rings is 1. The smallest absolute Gasteiger partial charge is 0.271 e. The first-order valence-corrected chi connectivity index (χ1v) is 8.43. The lowest BCUT2D eigenvalue weighted by Gasteiger charge is -2.06. The first-order valence-electron chi connectivity index (χ1n) is 7.55. The van der Waals surface area contributed by atoms with E-state index in [1.807, 2.05) is 0 Å². The lowest BCUT2D eigenvalue weighted by Crippen LogP contribution is -2.32. The molecular formula is C16H16FN3O2S. The van der Waals surface area contributed by atoms with Crippen molar-refractivity contribution in [3.63, 3.8) is 0 Å². The quantitative estimate of drug-likeness (QED) is 0.876. The fourth-order valence-electron chi connectivity index (χ4n) is 3.02. The Bertz CT molecular complexity index is 708. The molecule has 1 saturated carbocycles. The summed E-state index contributed by atoms with van der Waals surface area (Å²) in [6, 6.07) is 6.12. The number of piperidine rings is 1. The van der Waals surface area contributed by atoms with Gasteiger partial charge in [0.1, 0.15) is 28.9 Å². The van der Waals surface area contributed by atoms with E-state index in [9.17, 15) is 9.18 Å². The highest BCUT2D eigenvalue weighted by Crippen LogP contribution is 2.41. The van der Waals surface area contributed by atoms with Crippen molar-refractivity contribution in [3.05, 3.63) is 46.2 Å². The van der Waals surface area contributed by atoms with Crippen LogP contribution in [0, 0.1) is 17.7 Å². The monoisotopic (exact) mass is 333 g/mol. The van der Waals surface area contributed by atoms with Gasteiger partial charge in [-0.2, -0.15) is 0 Å². The molecule has 4 rings (SSSR count). The first kappa shape index (κ1) is 14.6. The lowest BCUT2D eigenvalue weighted by molar-refractivity contribution is 0.0942. The van der Waals surface area contributed by atoms with Crippen LogP contribution in [0.5, 0.6) is 5.75 Å². The number of amides is 1. The second kappa shape index (κ2) is 5.90. The zero-order valence-electron chi connectivity index (χ0n) is 12.3. The van der Waals surface area contributed by atoms with Crippen LogP contribution in [0.1, 0.15) is 15.5 Å². The fourth-order valence-corrected chi connectivity index (χ4v) is 3.70. The Balaban J connectivity index is 1.31. The van der Waals surface area contributed by atoms with E-state index in [1.54, 1.807) is 17.5 Å². The number of carbonyl (C=O) groups is 1. The molecule has 2 N–H and O–H groups in total. The number of rotatable bonds is 5. The highest BCUT2D eigenvalue weighted by molar-refractivity contribution is 7.09. The van der Waals surface area contributed by atoms with Crippen LogP contribution in [0.25, 0.3) is 0 Å². The minimum Gasteiger partial charge on any atom is -0.486 e. The molecule has 2 fully saturated rings. The van der Waals surface area contributed by atoms with Gasteiger partial charge in [-0.25, -0.2) is 9.37 Å². The van der Waals surface area contributed by atoms with Crippen molar-refractivity contribution in [2.24, 2.45) is 11.8 Å². The maximum Gasteiger partial charge on any atom is 0.271 e. The molecule has 23 heavy (non-hydrogen) atoms. The Morgan fingerprint density at radius 3 is 2.83 bits per heavy atom. The topological polar surface area (TPSA) is 63.2 Å². The van der Waals surface area contributed by atoms with Crippen LogP contribution in [0.2, 0.25) is 0 Å². The van der Waals surface area contributed by atoms with Gasteiger partial charge in [-0.15, -0.1) is 11.3 Å². The number of thiazole rings is 1. The predicted molar refractivity (Wildman–Crippen MR) is 83.9 cm³/mol. The molecule has 1 saturated heterocycles. The summed E-state index contributed by atoms with van der Waals surface area (Å²) in [6.07, 6.45) is 0. The standard InChI is InChI=1S/C16H16FN3O2S/c17-9-1-3-10(4-2-9)22-7-14-19-13(8-23-14)16(21)20-15-11-5-18-6-12(11)15/h1-4,8,11-12,15,18H,5-7H2,(H,20,21)/t11-,12+,15?. The Morgan fingerprint density at radius 1 is 1.35 bits per heavy atom. The Kier molecular flexibility index (Phi) is 3.74. The molecule has 1 unspecified atom stereocenters. The minimum absolute atomic E-state index is 0.117. The molecule has 0 spiro atoms. The Morgan fingerprint density at radius 2 is 2.09 bits per heavy atom. The van der Waals surface area contributed by atoms with Crippen molar-refractivity contribution >= 4 is 17.2 Å². The molecule has 0 bridgehead atoms. The molecule has 1 aromatic heterocycles. The molecular weight excluding hydrogens is 317 g/mol. The third-order valence-corrected chi connectivity index (χ3v) is 5.17. The maximum absolute atomic E-state index is 12.8. The van der Waals surface area contributed by atoms with Gasteiger partial charge >= 0.3 is 0 Å². The van der Waals surface area contributed by atoms with Gasteiger partial charge in [0.15, 0.2) is 0 Å². The summed E-state index contributed by atoms with van der Waals surface area (Å²) in [7, 11) is 0. The molecule has 3 atom stereocenters. The van der Waals surface area contributed by atoms with Gasteiger partial charge < -0.3 is 15.4 Å². The van der Waals surface area contributed by atoms with Gasteiger partial charge in [-0.1, -0.05) is 0 Å². The minimum atomic E-state index is -0.300. The van der Waals surface area contributed by atoms with Crippen LogP contribution in [0.4, 0.5) is 4.39 Å². The summed E-state index contributed by atoms with van der Waals surface area (Å²) in [5.41, 5.74) is 0.436. The SMILES string of the molecule is O=C(NC1[C@H]2CNC[C@@H]12)c1csc(COc2ccc(F)cc2)n1. The average Bonchev–Trinajstić information content (AvgIpc) is 2.99. The summed E-state index contributed by atoms with van der Waals surface area (Å²) in [4.78, 5) is 16.5. The van der Waals surface area contributed by atoms with Crippen LogP contribution in [-0.2, 0) is 6.61 Å². The van der Waals surface area contributed by atoms with Gasteiger partial charge in [0.25, 0.3) is 5.91 Å². The summed E-state index contributed by atoms with van der Waals surface area (Å²) in [6.45, 7) is 2.25. The van der Waals surface area contributed by atoms with Gasteiger partial charge in [-0.05, 0) is 36.1 Å². The average molecular weight is 333 g/mol. The number of hydrogen-bond donors (Lipinski definition) is 2. The van der Waals surface area contributed by atoms with Crippen molar-refractivity contribution < 1.29 is 13.9 Å². The molecule has 5 nitrogen and oxygen atoms in total. The van der Waals surface area contributed by atoms with E-state index in [0.29, 0.717) is 29.3 Å². The second-order valence-corrected chi connectivity index (χ2v) is 6.80. The largest absolute Gasteiger partial charge is 0.486 e. The zero-order valence-corrected chi connectivity index (χ0v) is 13.1. The summed E-state index contributed by atoms with van der Waals surface area (Å²) < 4.78 is 18.4. The third kappa shape index (κ3) is 3.07. The van der Waals surface area contributed by atoms with E-state index in [4.69, 9.17) is 4.74 Å². The van der Waals surface area contributed by atoms with Crippen LogP contribution in [0.3, 0.4) is 0 Å². The van der Waals surface area contributed by atoms with Crippen molar-refractivity contribution in [1.82, 2.24) is 15.6 Å². The number of aromatic nitrogens is 1. The van der Waals surface area contributed by atoms with Gasteiger partial charge in [0.2, 0.25) is 0 Å². The molecule has 7 heteroatoms. The van der Waals surface area contributed by atoms with Gasteiger partial charge in [0, 0.05) is 24.5 Å². The molecule has 2 heterocycles.